The standard InChI is InChI=1S/C11H9ClFN3O3S2/c12-8-4-7(1-2-9(8)13)21(18,19)16-11-15-6(5-20-11)3-10(14)17/h1-2,4-5H,3H2,(H2,14,17)(H,15,16). The highest BCUT2D eigenvalue weighted by Crippen LogP contribution is 2.23. The van der Waals surface area contributed by atoms with E-state index in [2.05, 4.69) is 9.71 Å². The largest absolute Gasteiger partial charge is 0.369 e. The van der Waals surface area contributed by atoms with E-state index in [9.17, 15) is 17.6 Å². The average molecular weight is 350 g/mol. The minimum atomic E-state index is -3.94. The molecule has 0 bridgehead atoms. The summed E-state index contributed by atoms with van der Waals surface area (Å²) in [5.74, 6) is -1.28. The predicted molar refractivity (Wildman–Crippen MR) is 77.2 cm³/mol. The zero-order chi connectivity index (χ0) is 15.6. The lowest BCUT2D eigenvalue weighted by Gasteiger charge is -2.05. The van der Waals surface area contributed by atoms with Crippen LogP contribution in [0.15, 0.2) is 28.5 Å². The van der Waals surface area contributed by atoms with Crippen LogP contribution in [0.3, 0.4) is 0 Å². The van der Waals surface area contributed by atoms with Crippen LogP contribution in [-0.4, -0.2) is 19.3 Å². The summed E-state index contributed by atoms with van der Waals surface area (Å²) in [4.78, 5) is 14.5. The highest BCUT2D eigenvalue weighted by molar-refractivity contribution is 7.93. The maximum Gasteiger partial charge on any atom is 0.263 e. The number of benzene rings is 1. The normalized spacial score (nSPS) is 11.3. The third-order valence-electron chi connectivity index (χ3n) is 2.33. The second-order valence-electron chi connectivity index (χ2n) is 3.97. The van der Waals surface area contributed by atoms with E-state index in [-0.39, 0.29) is 21.5 Å². The number of rotatable bonds is 5. The van der Waals surface area contributed by atoms with Crippen LogP contribution in [0.2, 0.25) is 5.02 Å². The van der Waals surface area contributed by atoms with Gasteiger partial charge in [-0.1, -0.05) is 11.6 Å². The molecule has 21 heavy (non-hydrogen) atoms. The summed E-state index contributed by atoms with van der Waals surface area (Å²) in [6, 6.07) is 3.04. The van der Waals surface area contributed by atoms with Gasteiger partial charge < -0.3 is 5.73 Å². The van der Waals surface area contributed by atoms with Crippen LogP contribution >= 0.6 is 22.9 Å². The summed E-state index contributed by atoms with van der Waals surface area (Å²) in [5, 5.41) is 1.29. The van der Waals surface area contributed by atoms with Crippen LogP contribution in [0.4, 0.5) is 9.52 Å². The number of nitrogens with one attached hydrogen (secondary N) is 1. The number of primary amides is 1. The van der Waals surface area contributed by atoms with Gasteiger partial charge in [-0.2, -0.15) is 0 Å². The van der Waals surface area contributed by atoms with E-state index in [4.69, 9.17) is 17.3 Å². The first-order chi connectivity index (χ1) is 9.78. The molecule has 10 heteroatoms. The quantitative estimate of drug-likeness (QED) is 0.858. The molecule has 0 saturated heterocycles. The topological polar surface area (TPSA) is 102 Å². The lowest BCUT2D eigenvalue weighted by Crippen LogP contribution is -2.15. The van der Waals surface area contributed by atoms with E-state index >= 15 is 0 Å². The van der Waals surface area contributed by atoms with Crippen molar-refractivity contribution < 1.29 is 17.6 Å². The number of anilines is 1. The molecule has 1 heterocycles. The SMILES string of the molecule is NC(=O)Cc1csc(NS(=O)(=O)c2ccc(F)c(Cl)c2)n1. The molecular formula is C11H9ClFN3O3S2. The molecule has 0 aliphatic heterocycles. The fraction of sp³-hybridized carbons (Fsp3) is 0.0909. The Labute approximate surface area is 128 Å². The Hall–Kier alpha value is -1.71. The first-order valence-corrected chi connectivity index (χ1v) is 8.22. The number of carbonyl (C=O) groups is 1. The van der Waals surface area contributed by atoms with E-state index in [1.807, 2.05) is 0 Å². The summed E-state index contributed by atoms with van der Waals surface area (Å²) >= 11 is 6.56. The van der Waals surface area contributed by atoms with Gasteiger partial charge in [0.15, 0.2) is 5.13 Å². The summed E-state index contributed by atoms with van der Waals surface area (Å²) in [6.07, 6.45) is -0.0827. The smallest absolute Gasteiger partial charge is 0.263 e. The van der Waals surface area contributed by atoms with Crippen LogP contribution in [-0.2, 0) is 21.2 Å². The van der Waals surface area contributed by atoms with Gasteiger partial charge in [0.1, 0.15) is 5.82 Å². The zero-order valence-corrected chi connectivity index (χ0v) is 12.7. The third kappa shape index (κ3) is 3.90. The molecule has 2 aromatic rings. The minimum Gasteiger partial charge on any atom is -0.369 e. The lowest BCUT2D eigenvalue weighted by atomic mass is 10.3. The van der Waals surface area contributed by atoms with E-state index in [0.717, 1.165) is 29.5 Å². The average Bonchev–Trinajstić information content (AvgIpc) is 2.78. The summed E-state index contributed by atoms with van der Waals surface area (Å²) in [7, 11) is -3.94. The Bertz CT molecular complexity index is 792. The molecule has 1 aromatic carbocycles. The molecule has 1 aromatic heterocycles. The van der Waals surface area contributed by atoms with Crippen molar-refractivity contribution in [2.75, 3.05) is 4.72 Å². The van der Waals surface area contributed by atoms with Crippen LogP contribution in [0.25, 0.3) is 0 Å². The van der Waals surface area contributed by atoms with Crippen molar-refractivity contribution in [1.82, 2.24) is 4.98 Å². The number of nitrogens with zero attached hydrogens (tertiary/aromatic N) is 1. The van der Waals surface area contributed by atoms with Crippen LogP contribution in [0, 0.1) is 5.82 Å². The molecule has 2 rings (SSSR count). The number of halogens is 2. The second kappa shape index (κ2) is 5.96. The molecule has 1 amide bonds. The van der Waals surface area contributed by atoms with Gasteiger partial charge >= 0.3 is 0 Å². The fourth-order valence-electron chi connectivity index (χ4n) is 1.43. The predicted octanol–water partition coefficient (Wildman–Crippen LogP) is 1.76. The van der Waals surface area contributed by atoms with Crippen molar-refractivity contribution in [1.29, 1.82) is 0 Å². The molecule has 3 N–H and O–H groups in total. The van der Waals surface area contributed by atoms with Gasteiger partial charge in [-0.3, -0.25) is 9.52 Å². The molecule has 6 nitrogen and oxygen atoms in total. The molecule has 0 radical (unpaired) electrons. The lowest BCUT2D eigenvalue weighted by molar-refractivity contribution is -0.117. The van der Waals surface area contributed by atoms with E-state index < -0.39 is 21.7 Å². The number of aromatic nitrogens is 1. The van der Waals surface area contributed by atoms with Gasteiger partial charge in [0.2, 0.25) is 5.91 Å². The van der Waals surface area contributed by atoms with Crippen molar-refractivity contribution in [3.05, 3.63) is 40.1 Å². The fourth-order valence-corrected chi connectivity index (χ4v) is 3.67. The van der Waals surface area contributed by atoms with Gasteiger partial charge in [-0.05, 0) is 18.2 Å². The van der Waals surface area contributed by atoms with Crippen molar-refractivity contribution in [3.63, 3.8) is 0 Å². The number of amides is 1. The number of hydrogen-bond acceptors (Lipinski definition) is 5. The zero-order valence-electron chi connectivity index (χ0n) is 10.3. The molecular weight excluding hydrogens is 341 g/mol. The number of thiazole rings is 1. The van der Waals surface area contributed by atoms with Crippen LogP contribution in [0.5, 0.6) is 0 Å². The first-order valence-electron chi connectivity index (χ1n) is 5.48. The summed E-state index contributed by atoms with van der Waals surface area (Å²) in [6.45, 7) is 0. The Morgan fingerprint density at radius 2 is 2.19 bits per heavy atom. The summed E-state index contributed by atoms with van der Waals surface area (Å²) < 4.78 is 39.4. The van der Waals surface area contributed by atoms with Gasteiger partial charge in [0.25, 0.3) is 10.0 Å². The van der Waals surface area contributed by atoms with Crippen molar-refractivity contribution >= 4 is 44.0 Å². The Balaban J connectivity index is 2.22. The molecule has 0 fully saturated rings. The third-order valence-corrected chi connectivity index (χ3v) is 4.89. The summed E-state index contributed by atoms with van der Waals surface area (Å²) in [5.41, 5.74) is 5.38. The number of carbonyl (C=O) groups excluding carboxylic acids is 1. The van der Waals surface area contributed by atoms with E-state index in [1.54, 1.807) is 0 Å². The molecule has 0 unspecified atom stereocenters. The Morgan fingerprint density at radius 3 is 2.81 bits per heavy atom. The second-order valence-corrected chi connectivity index (χ2v) is 6.92. The van der Waals surface area contributed by atoms with Gasteiger partial charge in [0, 0.05) is 5.38 Å². The number of sulfonamides is 1. The molecule has 0 aliphatic carbocycles. The molecule has 112 valence electrons. The molecule has 0 aliphatic rings. The monoisotopic (exact) mass is 349 g/mol. The molecule has 0 spiro atoms. The maximum atomic E-state index is 13.0. The van der Waals surface area contributed by atoms with Crippen LogP contribution < -0.4 is 10.5 Å². The highest BCUT2D eigenvalue weighted by atomic mass is 35.5. The van der Waals surface area contributed by atoms with Gasteiger partial charge in [0.05, 0.1) is 22.0 Å². The van der Waals surface area contributed by atoms with Crippen molar-refractivity contribution in [3.8, 4) is 0 Å². The highest BCUT2D eigenvalue weighted by Gasteiger charge is 2.18. The Kier molecular flexibility index (Phi) is 4.45. The van der Waals surface area contributed by atoms with Gasteiger partial charge in [-0.15, -0.1) is 11.3 Å². The molecule has 0 saturated carbocycles. The first kappa shape index (κ1) is 15.7. The number of hydrogen-bond donors (Lipinski definition) is 2. The van der Waals surface area contributed by atoms with Crippen molar-refractivity contribution in [2.24, 2.45) is 5.73 Å². The van der Waals surface area contributed by atoms with Gasteiger partial charge in [-0.25, -0.2) is 17.8 Å². The van der Waals surface area contributed by atoms with E-state index in [0.29, 0.717) is 5.69 Å². The maximum absolute atomic E-state index is 13.0. The number of nitrogens with two attached hydrogens (primary N) is 1. The van der Waals surface area contributed by atoms with Crippen molar-refractivity contribution in [2.45, 2.75) is 11.3 Å². The minimum absolute atomic E-state index is 0.0756. The van der Waals surface area contributed by atoms with Crippen LogP contribution in [0.1, 0.15) is 5.69 Å². The Morgan fingerprint density at radius 1 is 1.48 bits per heavy atom. The molecule has 0 atom stereocenters. The van der Waals surface area contributed by atoms with E-state index in [1.165, 1.54) is 5.38 Å².